The molecule has 0 amide bonds. The minimum absolute atomic E-state index is 0.247. The first kappa shape index (κ1) is 25.2. The maximum Gasteiger partial charge on any atom is 0.317 e. The smallest absolute Gasteiger partial charge is 0.317 e. The number of aryl methyl sites for hydroxylation is 1. The molecule has 0 aliphatic rings. The Morgan fingerprint density at radius 1 is 0.586 bits per heavy atom. The van der Waals surface area contributed by atoms with Crippen molar-refractivity contribution in [1.82, 2.24) is 0 Å². The highest BCUT2D eigenvalue weighted by Crippen LogP contribution is 2.16. The summed E-state index contributed by atoms with van der Waals surface area (Å²) >= 11 is 0. The van der Waals surface area contributed by atoms with Crippen LogP contribution in [0.15, 0.2) is 30.3 Å². The van der Waals surface area contributed by atoms with Crippen LogP contribution in [0.3, 0.4) is 0 Å². The molecule has 1 rings (SSSR count). The van der Waals surface area contributed by atoms with E-state index in [0.717, 1.165) is 12.8 Å². The maximum atomic E-state index is 10.8. The highest BCUT2D eigenvalue weighted by molar-refractivity contribution is 5.92. The van der Waals surface area contributed by atoms with Crippen LogP contribution >= 0.6 is 0 Å². The number of hydrogen-bond acceptors (Lipinski definition) is 2. The number of carboxylic acid groups (broad SMARTS) is 2. The van der Waals surface area contributed by atoms with Gasteiger partial charge in [-0.1, -0.05) is 114 Å². The van der Waals surface area contributed by atoms with Crippen LogP contribution in [-0.2, 0) is 16.0 Å². The molecular formula is C25H40O4. The zero-order valence-electron chi connectivity index (χ0n) is 18.0. The van der Waals surface area contributed by atoms with Gasteiger partial charge >= 0.3 is 11.9 Å². The molecule has 0 fully saturated rings. The van der Waals surface area contributed by atoms with Crippen LogP contribution < -0.4 is 0 Å². The monoisotopic (exact) mass is 404 g/mol. The molecule has 0 aliphatic heterocycles. The lowest BCUT2D eigenvalue weighted by molar-refractivity contribution is -0.154. The standard InChI is InChI=1S/C25H40O4/c26-24(27)23(25(28)29)21-17-12-10-8-6-4-2-1-3-5-7-9-11-14-18-22-19-15-13-16-20-22/h13,15-16,19-20,23H,1-12,14,17-18,21H2,(H,26,27)(H,28,29). The van der Waals surface area contributed by atoms with E-state index in [1.165, 1.54) is 82.6 Å². The third-order valence-corrected chi connectivity index (χ3v) is 5.65. The SMILES string of the molecule is O=C(O)C(CCCCCCCCCCCCCCCCc1ccccc1)C(=O)O. The first-order valence-corrected chi connectivity index (χ1v) is 11.6. The fraction of sp³-hybridized carbons (Fsp3) is 0.680. The van der Waals surface area contributed by atoms with Gasteiger partial charge in [0.2, 0.25) is 0 Å². The van der Waals surface area contributed by atoms with Gasteiger partial charge in [0.05, 0.1) is 0 Å². The van der Waals surface area contributed by atoms with Gasteiger partial charge in [-0.25, -0.2) is 0 Å². The van der Waals surface area contributed by atoms with Crippen LogP contribution in [0.25, 0.3) is 0 Å². The Kier molecular flexibility index (Phi) is 14.8. The molecule has 4 heteroatoms. The summed E-state index contributed by atoms with van der Waals surface area (Å²) < 4.78 is 0. The minimum Gasteiger partial charge on any atom is -0.481 e. The van der Waals surface area contributed by atoms with E-state index in [0.29, 0.717) is 6.42 Å². The molecule has 0 saturated carbocycles. The molecule has 4 nitrogen and oxygen atoms in total. The summed E-state index contributed by atoms with van der Waals surface area (Å²) in [6.07, 6.45) is 18.6. The fourth-order valence-corrected chi connectivity index (χ4v) is 3.80. The van der Waals surface area contributed by atoms with Crippen LogP contribution in [0.1, 0.15) is 102 Å². The molecule has 1 aromatic carbocycles. The van der Waals surface area contributed by atoms with Crippen molar-refractivity contribution in [3.63, 3.8) is 0 Å². The molecule has 0 saturated heterocycles. The van der Waals surface area contributed by atoms with Crippen molar-refractivity contribution >= 4 is 11.9 Å². The summed E-state index contributed by atoms with van der Waals surface area (Å²) in [5, 5.41) is 17.6. The summed E-state index contributed by atoms with van der Waals surface area (Å²) in [5.74, 6) is -3.67. The summed E-state index contributed by atoms with van der Waals surface area (Å²) in [6, 6.07) is 10.7. The van der Waals surface area contributed by atoms with Gasteiger partial charge in [-0.05, 0) is 24.8 Å². The number of hydrogen-bond donors (Lipinski definition) is 2. The fourth-order valence-electron chi connectivity index (χ4n) is 3.80. The molecule has 2 N–H and O–H groups in total. The van der Waals surface area contributed by atoms with Crippen molar-refractivity contribution in [2.24, 2.45) is 5.92 Å². The van der Waals surface area contributed by atoms with Gasteiger partial charge in [0, 0.05) is 0 Å². The lowest BCUT2D eigenvalue weighted by Gasteiger charge is -2.07. The van der Waals surface area contributed by atoms with Crippen molar-refractivity contribution in [3.8, 4) is 0 Å². The zero-order chi connectivity index (χ0) is 21.2. The Balaban J connectivity index is 1.78. The molecule has 0 heterocycles. The predicted molar refractivity (Wildman–Crippen MR) is 118 cm³/mol. The topological polar surface area (TPSA) is 74.6 Å². The number of unbranched alkanes of at least 4 members (excludes halogenated alkanes) is 13. The molecule has 1 aromatic rings. The van der Waals surface area contributed by atoms with E-state index in [1.54, 1.807) is 0 Å². The van der Waals surface area contributed by atoms with Crippen LogP contribution in [0.2, 0.25) is 0 Å². The van der Waals surface area contributed by atoms with E-state index in [9.17, 15) is 9.59 Å². The highest BCUT2D eigenvalue weighted by atomic mass is 16.4. The van der Waals surface area contributed by atoms with E-state index in [2.05, 4.69) is 30.3 Å². The maximum absolute atomic E-state index is 10.8. The average Bonchev–Trinajstić information content (AvgIpc) is 2.70. The zero-order valence-corrected chi connectivity index (χ0v) is 18.0. The largest absolute Gasteiger partial charge is 0.481 e. The van der Waals surface area contributed by atoms with Crippen molar-refractivity contribution < 1.29 is 19.8 Å². The van der Waals surface area contributed by atoms with Crippen molar-refractivity contribution in [2.75, 3.05) is 0 Å². The van der Waals surface area contributed by atoms with Gasteiger partial charge in [-0.3, -0.25) is 9.59 Å². The summed E-state index contributed by atoms with van der Waals surface area (Å²) in [4.78, 5) is 21.6. The number of aliphatic carboxylic acids is 2. The van der Waals surface area contributed by atoms with E-state index < -0.39 is 17.9 Å². The Bertz CT molecular complexity index is 527. The molecule has 0 unspecified atom stereocenters. The molecule has 0 spiro atoms. The minimum atomic E-state index is -1.24. The molecule has 0 aliphatic carbocycles. The van der Waals surface area contributed by atoms with E-state index in [-0.39, 0.29) is 6.42 Å². The first-order valence-electron chi connectivity index (χ1n) is 11.6. The molecule has 0 radical (unpaired) electrons. The average molecular weight is 405 g/mol. The van der Waals surface area contributed by atoms with Gasteiger partial charge in [-0.2, -0.15) is 0 Å². The number of carboxylic acids is 2. The second-order valence-electron chi connectivity index (χ2n) is 8.20. The van der Waals surface area contributed by atoms with E-state index in [4.69, 9.17) is 10.2 Å². The molecular weight excluding hydrogens is 364 g/mol. The lowest BCUT2D eigenvalue weighted by Crippen LogP contribution is -2.23. The number of rotatable bonds is 19. The van der Waals surface area contributed by atoms with Crippen LogP contribution in [0, 0.1) is 5.92 Å². The van der Waals surface area contributed by atoms with Gasteiger partial charge in [0.1, 0.15) is 0 Å². The van der Waals surface area contributed by atoms with Crippen LogP contribution in [0.5, 0.6) is 0 Å². The second kappa shape index (κ2) is 17.1. The highest BCUT2D eigenvalue weighted by Gasteiger charge is 2.24. The Hall–Kier alpha value is -1.84. The number of carbonyl (C=O) groups is 2. The lowest BCUT2D eigenvalue weighted by atomic mass is 10.00. The number of benzene rings is 1. The van der Waals surface area contributed by atoms with Crippen molar-refractivity contribution in [2.45, 2.75) is 103 Å². The van der Waals surface area contributed by atoms with E-state index in [1.807, 2.05) is 0 Å². The quantitative estimate of drug-likeness (QED) is 0.195. The van der Waals surface area contributed by atoms with Crippen molar-refractivity contribution in [3.05, 3.63) is 35.9 Å². The Morgan fingerprint density at radius 3 is 1.38 bits per heavy atom. The van der Waals surface area contributed by atoms with Crippen LogP contribution in [-0.4, -0.2) is 22.2 Å². The summed E-state index contributed by atoms with van der Waals surface area (Å²) in [5.41, 5.74) is 1.46. The molecule has 0 aromatic heterocycles. The molecule has 164 valence electrons. The van der Waals surface area contributed by atoms with Crippen LogP contribution in [0.4, 0.5) is 0 Å². The van der Waals surface area contributed by atoms with Gasteiger partial charge in [0.15, 0.2) is 5.92 Å². The summed E-state index contributed by atoms with van der Waals surface area (Å²) in [6.45, 7) is 0. The van der Waals surface area contributed by atoms with E-state index >= 15 is 0 Å². The van der Waals surface area contributed by atoms with Crippen molar-refractivity contribution in [1.29, 1.82) is 0 Å². The third-order valence-electron chi connectivity index (χ3n) is 5.65. The summed E-state index contributed by atoms with van der Waals surface area (Å²) in [7, 11) is 0. The Labute approximate surface area is 176 Å². The molecule has 0 bridgehead atoms. The first-order chi connectivity index (χ1) is 14.1. The molecule has 29 heavy (non-hydrogen) atoms. The van der Waals surface area contributed by atoms with Gasteiger partial charge < -0.3 is 10.2 Å². The van der Waals surface area contributed by atoms with Gasteiger partial charge in [0.25, 0.3) is 0 Å². The Morgan fingerprint density at radius 2 is 0.966 bits per heavy atom. The van der Waals surface area contributed by atoms with Gasteiger partial charge in [-0.15, -0.1) is 0 Å². The third kappa shape index (κ3) is 13.9. The second-order valence-corrected chi connectivity index (χ2v) is 8.20. The molecule has 0 atom stereocenters. The normalized spacial score (nSPS) is 11.1. The predicted octanol–water partition coefficient (Wildman–Crippen LogP) is 6.87.